The van der Waals surface area contributed by atoms with Crippen LogP contribution >= 0.6 is 0 Å². The minimum absolute atomic E-state index is 0.0651. The van der Waals surface area contributed by atoms with Crippen molar-refractivity contribution in [1.29, 1.82) is 0 Å². The Balaban J connectivity index is 1.44. The van der Waals surface area contributed by atoms with E-state index in [4.69, 9.17) is 9.15 Å². The number of furan rings is 1. The van der Waals surface area contributed by atoms with Crippen LogP contribution in [-0.4, -0.2) is 36.5 Å². The normalized spacial score (nSPS) is 23.5. The summed E-state index contributed by atoms with van der Waals surface area (Å²) in [5.41, 5.74) is 1.86. The van der Waals surface area contributed by atoms with Gasteiger partial charge in [0.2, 0.25) is 0 Å². The zero-order chi connectivity index (χ0) is 17.3. The van der Waals surface area contributed by atoms with Gasteiger partial charge in [0.05, 0.1) is 12.1 Å². The van der Waals surface area contributed by atoms with Crippen molar-refractivity contribution >= 4 is 5.91 Å². The van der Waals surface area contributed by atoms with E-state index >= 15 is 0 Å². The summed E-state index contributed by atoms with van der Waals surface area (Å²) in [6.07, 6.45) is 2.92. The van der Waals surface area contributed by atoms with E-state index in [9.17, 15) is 4.79 Å². The number of hydrogen-bond donors (Lipinski definition) is 1. The Bertz CT molecular complexity index is 770. The van der Waals surface area contributed by atoms with E-state index in [1.54, 1.807) is 7.11 Å². The summed E-state index contributed by atoms with van der Waals surface area (Å²) in [5, 5.41) is 3.32. The maximum Gasteiger partial charge on any atom is 0.252 e. The number of fused-ring (bicyclic) bond motifs is 1. The lowest BCUT2D eigenvalue weighted by Gasteiger charge is -2.29. The van der Waals surface area contributed by atoms with E-state index in [0.717, 1.165) is 61.5 Å². The molecule has 0 bridgehead atoms. The number of nitrogens with one attached hydrogen (secondary N) is 1. The van der Waals surface area contributed by atoms with E-state index in [1.165, 1.54) is 0 Å². The van der Waals surface area contributed by atoms with Crippen LogP contribution in [0.4, 0.5) is 0 Å². The Morgan fingerprint density at radius 1 is 1.20 bits per heavy atom. The second-order valence-electron chi connectivity index (χ2n) is 7.15. The highest BCUT2D eigenvalue weighted by Gasteiger charge is 2.41. The summed E-state index contributed by atoms with van der Waals surface area (Å²) in [6, 6.07) is 11.9. The second kappa shape index (κ2) is 6.65. The van der Waals surface area contributed by atoms with Crippen LogP contribution in [0.1, 0.15) is 40.3 Å². The Hall–Kier alpha value is -2.11. The van der Waals surface area contributed by atoms with E-state index in [2.05, 4.69) is 16.3 Å². The number of hydrogen-bond acceptors (Lipinski definition) is 4. The van der Waals surface area contributed by atoms with Crippen molar-refractivity contribution < 1.29 is 13.9 Å². The standard InChI is InChI=1S/C20H24N2O3/c1-24-13-17-7-6-16(25-17)12-22-11-10-20(14-22)9-8-15-4-2-3-5-18(15)19(23)21-20/h2-7H,8-14H2,1H3,(H,21,23)/t20-/m1/s1. The fourth-order valence-electron chi connectivity index (χ4n) is 4.05. The van der Waals surface area contributed by atoms with Gasteiger partial charge in [-0.25, -0.2) is 0 Å². The van der Waals surface area contributed by atoms with Crippen LogP contribution in [0.5, 0.6) is 0 Å². The zero-order valence-corrected chi connectivity index (χ0v) is 14.6. The maximum absolute atomic E-state index is 12.6. The molecule has 1 N–H and O–H groups in total. The van der Waals surface area contributed by atoms with Crippen molar-refractivity contribution in [2.75, 3.05) is 20.2 Å². The quantitative estimate of drug-likeness (QED) is 0.930. The molecule has 1 aromatic heterocycles. The van der Waals surface area contributed by atoms with Gasteiger partial charge in [-0.3, -0.25) is 9.69 Å². The molecule has 4 rings (SSSR count). The molecule has 2 aromatic rings. The fourth-order valence-corrected chi connectivity index (χ4v) is 4.05. The number of aryl methyl sites for hydroxylation is 1. The van der Waals surface area contributed by atoms with Crippen molar-refractivity contribution in [3.63, 3.8) is 0 Å². The molecule has 1 spiro atoms. The predicted octanol–water partition coefficient (Wildman–Crippen LogP) is 2.75. The lowest BCUT2D eigenvalue weighted by molar-refractivity contribution is 0.0901. The van der Waals surface area contributed by atoms with Gasteiger partial charge in [-0.2, -0.15) is 0 Å². The number of nitrogens with zero attached hydrogens (tertiary/aromatic N) is 1. The summed E-state index contributed by atoms with van der Waals surface area (Å²) in [4.78, 5) is 15.0. The van der Waals surface area contributed by atoms with Gasteiger partial charge in [-0.1, -0.05) is 18.2 Å². The molecule has 1 aromatic carbocycles. The van der Waals surface area contributed by atoms with Crippen molar-refractivity contribution in [3.8, 4) is 0 Å². The Morgan fingerprint density at radius 3 is 2.92 bits per heavy atom. The van der Waals surface area contributed by atoms with E-state index in [-0.39, 0.29) is 11.4 Å². The molecule has 25 heavy (non-hydrogen) atoms. The lowest BCUT2D eigenvalue weighted by Crippen LogP contribution is -2.49. The van der Waals surface area contributed by atoms with Crippen LogP contribution in [0.25, 0.3) is 0 Å². The third-order valence-electron chi connectivity index (χ3n) is 5.33. The molecule has 1 amide bonds. The SMILES string of the molecule is COCc1ccc(CN2CC[C@]3(CCc4ccccc4C(=O)N3)C2)o1. The molecule has 2 aliphatic rings. The van der Waals surface area contributed by atoms with Gasteiger partial charge < -0.3 is 14.5 Å². The molecule has 1 atom stereocenters. The molecular weight excluding hydrogens is 316 g/mol. The van der Waals surface area contributed by atoms with Crippen LogP contribution in [0.15, 0.2) is 40.8 Å². The molecule has 0 unspecified atom stereocenters. The predicted molar refractivity (Wildman–Crippen MR) is 94.3 cm³/mol. The largest absolute Gasteiger partial charge is 0.462 e. The zero-order valence-electron chi connectivity index (χ0n) is 14.6. The molecule has 3 heterocycles. The number of rotatable bonds is 4. The van der Waals surface area contributed by atoms with Crippen LogP contribution in [0.3, 0.4) is 0 Å². The van der Waals surface area contributed by atoms with Crippen LogP contribution in [0.2, 0.25) is 0 Å². The summed E-state index contributed by atoms with van der Waals surface area (Å²) < 4.78 is 10.9. The van der Waals surface area contributed by atoms with Crippen LogP contribution in [-0.2, 0) is 24.3 Å². The third kappa shape index (κ3) is 3.34. The molecule has 1 saturated heterocycles. The van der Waals surface area contributed by atoms with Gasteiger partial charge in [-0.05, 0) is 43.0 Å². The summed E-state index contributed by atoms with van der Waals surface area (Å²) in [6.45, 7) is 3.11. The summed E-state index contributed by atoms with van der Waals surface area (Å²) in [5.74, 6) is 1.87. The molecule has 5 heteroatoms. The average molecular weight is 340 g/mol. The molecule has 5 nitrogen and oxygen atoms in total. The van der Waals surface area contributed by atoms with Crippen LogP contribution in [0, 0.1) is 0 Å². The maximum atomic E-state index is 12.6. The Labute approximate surface area is 148 Å². The van der Waals surface area contributed by atoms with Gasteiger partial charge in [-0.15, -0.1) is 0 Å². The van der Waals surface area contributed by atoms with E-state index in [0.29, 0.717) is 6.61 Å². The monoisotopic (exact) mass is 340 g/mol. The molecular formula is C20H24N2O3. The molecule has 0 radical (unpaired) electrons. The van der Waals surface area contributed by atoms with Crippen molar-refractivity contribution in [1.82, 2.24) is 10.2 Å². The first kappa shape index (κ1) is 16.4. The van der Waals surface area contributed by atoms with E-state index in [1.807, 2.05) is 30.3 Å². The molecule has 0 aliphatic carbocycles. The van der Waals surface area contributed by atoms with Gasteiger partial charge in [0.25, 0.3) is 5.91 Å². The van der Waals surface area contributed by atoms with Crippen molar-refractivity contribution in [2.45, 2.75) is 38.0 Å². The Morgan fingerprint density at radius 2 is 2.04 bits per heavy atom. The third-order valence-corrected chi connectivity index (χ3v) is 5.33. The summed E-state index contributed by atoms with van der Waals surface area (Å²) in [7, 11) is 1.67. The number of benzene rings is 1. The molecule has 1 fully saturated rings. The highest BCUT2D eigenvalue weighted by atomic mass is 16.5. The first-order valence-electron chi connectivity index (χ1n) is 8.87. The first-order valence-corrected chi connectivity index (χ1v) is 8.87. The fraction of sp³-hybridized carbons (Fsp3) is 0.450. The van der Waals surface area contributed by atoms with Gasteiger partial charge >= 0.3 is 0 Å². The number of ether oxygens (including phenoxy) is 1. The molecule has 132 valence electrons. The van der Waals surface area contributed by atoms with Gasteiger partial charge in [0.1, 0.15) is 18.1 Å². The number of amides is 1. The summed E-state index contributed by atoms with van der Waals surface area (Å²) >= 11 is 0. The first-order chi connectivity index (χ1) is 12.2. The number of carbonyl (C=O) groups excluding carboxylic acids is 1. The number of likely N-dealkylation sites (tertiary alicyclic amines) is 1. The highest BCUT2D eigenvalue weighted by molar-refractivity contribution is 5.96. The minimum atomic E-state index is -0.127. The molecule has 2 aliphatic heterocycles. The Kier molecular flexibility index (Phi) is 4.36. The average Bonchev–Trinajstić information content (AvgIpc) is 3.18. The topological polar surface area (TPSA) is 54.7 Å². The number of methoxy groups -OCH3 is 1. The smallest absolute Gasteiger partial charge is 0.252 e. The minimum Gasteiger partial charge on any atom is -0.462 e. The second-order valence-corrected chi connectivity index (χ2v) is 7.15. The van der Waals surface area contributed by atoms with Gasteiger partial charge in [0.15, 0.2) is 0 Å². The van der Waals surface area contributed by atoms with Crippen molar-refractivity contribution in [2.24, 2.45) is 0 Å². The van der Waals surface area contributed by atoms with Crippen molar-refractivity contribution in [3.05, 3.63) is 59.0 Å². The number of carbonyl (C=O) groups is 1. The highest BCUT2D eigenvalue weighted by Crippen LogP contribution is 2.31. The van der Waals surface area contributed by atoms with Gasteiger partial charge in [0, 0.05) is 25.8 Å². The molecule has 0 saturated carbocycles. The van der Waals surface area contributed by atoms with E-state index < -0.39 is 0 Å². The lowest BCUT2D eigenvalue weighted by atomic mass is 9.91. The van der Waals surface area contributed by atoms with Crippen LogP contribution < -0.4 is 5.32 Å².